The highest BCUT2D eigenvalue weighted by atomic mass is 16.6. The fourth-order valence-electron chi connectivity index (χ4n) is 2.56. The number of nitro groups is 1. The molecule has 0 aromatic heterocycles. The third kappa shape index (κ3) is 5.04. The predicted molar refractivity (Wildman–Crippen MR) is 101 cm³/mol. The molecular formula is C19H20N4O4. The van der Waals surface area contributed by atoms with Crippen LogP contribution in [0.1, 0.15) is 41.7 Å². The van der Waals surface area contributed by atoms with Gasteiger partial charge in [0.25, 0.3) is 11.6 Å². The number of hydrogen-bond donors (Lipinski definition) is 3. The number of rotatable bonds is 6. The first kappa shape index (κ1) is 18.4. The number of carbonyl (C=O) groups excluding carboxylic acids is 2. The SMILES string of the molecule is CC(NC(=O)c1ccc(NC(=O)NC2CC2)cc1)c1cccc([N+](=O)[O-])c1. The first-order chi connectivity index (χ1) is 12.9. The Morgan fingerprint density at radius 1 is 1.15 bits per heavy atom. The second-order valence-corrected chi connectivity index (χ2v) is 6.50. The summed E-state index contributed by atoms with van der Waals surface area (Å²) in [6, 6.07) is 12.3. The number of hydrogen-bond acceptors (Lipinski definition) is 4. The van der Waals surface area contributed by atoms with E-state index in [0.717, 1.165) is 12.8 Å². The maximum Gasteiger partial charge on any atom is 0.319 e. The van der Waals surface area contributed by atoms with Crippen molar-refractivity contribution in [1.29, 1.82) is 0 Å². The molecule has 0 bridgehead atoms. The average molecular weight is 368 g/mol. The third-order valence-corrected chi connectivity index (χ3v) is 4.25. The zero-order chi connectivity index (χ0) is 19.4. The molecule has 1 unspecified atom stereocenters. The lowest BCUT2D eigenvalue weighted by Crippen LogP contribution is -2.30. The molecule has 0 aliphatic heterocycles. The van der Waals surface area contributed by atoms with Gasteiger partial charge in [-0.1, -0.05) is 12.1 Å². The van der Waals surface area contributed by atoms with E-state index in [1.54, 1.807) is 43.3 Å². The Morgan fingerprint density at radius 3 is 2.48 bits per heavy atom. The van der Waals surface area contributed by atoms with E-state index in [4.69, 9.17) is 0 Å². The molecule has 8 nitrogen and oxygen atoms in total. The van der Waals surface area contributed by atoms with Crippen molar-refractivity contribution in [2.75, 3.05) is 5.32 Å². The van der Waals surface area contributed by atoms with E-state index >= 15 is 0 Å². The van der Waals surface area contributed by atoms with Crippen molar-refractivity contribution < 1.29 is 14.5 Å². The zero-order valence-electron chi connectivity index (χ0n) is 14.8. The van der Waals surface area contributed by atoms with E-state index in [1.807, 2.05) is 0 Å². The van der Waals surface area contributed by atoms with Crippen molar-refractivity contribution >= 4 is 23.3 Å². The fraction of sp³-hybridized carbons (Fsp3) is 0.263. The van der Waals surface area contributed by atoms with Crippen molar-refractivity contribution in [3.8, 4) is 0 Å². The van der Waals surface area contributed by atoms with Crippen molar-refractivity contribution in [3.05, 3.63) is 69.8 Å². The topological polar surface area (TPSA) is 113 Å². The van der Waals surface area contributed by atoms with Crippen LogP contribution in [0.5, 0.6) is 0 Å². The van der Waals surface area contributed by atoms with Crippen LogP contribution in [0.3, 0.4) is 0 Å². The van der Waals surface area contributed by atoms with Crippen LogP contribution in [0.4, 0.5) is 16.2 Å². The molecular weight excluding hydrogens is 348 g/mol. The van der Waals surface area contributed by atoms with E-state index in [2.05, 4.69) is 16.0 Å². The van der Waals surface area contributed by atoms with Crippen LogP contribution < -0.4 is 16.0 Å². The summed E-state index contributed by atoms with van der Waals surface area (Å²) in [6.45, 7) is 1.76. The first-order valence-electron chi connectivity index (χ1n) is 8.65. The molecule has 1 aliphatic carbocycles. The highest BCUT2D eigenvalue weighted by Gasteiger charge is 2.23. The number of nitrogens with one attached hydrogen (secondary N) is 3. The molecule has 3 rings (SSSR count). The van der Waals surface area contributed by atoms with Crippen LogP contribution >= 0.6 is 0 Å². The van der Waals surface area contributed by atoms with Gasteiger partial charge in [-0.25, -0.2) is 4.79 Å². The van der Waals surface area contributed by atoms with Crippen molar-refractivity contribution in [3.63, 3.8) is 0 Å². The van der Waals surface area contributed by atoms with E-state index in [1.165, 1.54) is 12.1 Å². The molecule has 27 heavy (non-hydrogen) atoms. The Balaban J connectivity index is 1.59. The number of anilines is 1. The minimum Gasteiger partial charge on any atom is -0.346 e. The van der Waals surface area contributed by atoms with Gasteiger partial charge in [-0.3, -0.25) is 14.9 Å². The fourth-order valence-corrected chi connectivity index (χ4v) is 2.56. The summed E-state index contributed by atoms with van der Waals surface area (Å²) in [5, 5.41) is 19.2. The Morgan fingerprint density at radius 2 is 1.85 bits per heavy atom. The van der Waals surface area contributed by atoms with Crippen LogP contribution in [-0.4, -0.2) is 22.9 Å². The Hall–Kier alpha value is -3.42. The van der Waals surface area contributed by atoms with E-state index < -0.39 is 4.92 Å². The van der Waals surface area contributed by atoms with Gasteiger partial charge in [-0.15, -0.1) is 0 Å². The van der Waals surface area contributed by atoms with Crippen LogP contribution in [0.2, 0.25) is 0 Å². The summed E-state index contributed by atoms with van der Waals surface area (Å²) in [4.78, 5) is 34.5. The zero-order valence-corrected chi connectivity index (χ0v) is 14.8. The maximum atomic E-state index is 12.4. The summed E-state index contributed by atoms with van der Waals surface area (Å²) >= 11 is 0. The van der Waals surface area contributed by atoms with E-state index in [9.17, 15) is 19.7 Å². The Kier molecular flexibility index (Phi) is 5.35. The van der Waals surface area contributed by atoms with Crippen molar-refractivity contribution in [2.24, 2.45) is 0 Å². The first-order valence-corrected chi connectivity index (χ1v) is 8.65. The number of urea groups is 1. The second-order valence-electron chi connectivity index (χ2n) is 6.50. The molecule has 140 valence electrons. The van der Waals surface area contributed by atoms with Gasteiger partial charge in [0.2, 0.25) is 0 Å². The maximum absolute atomic E-state index is 12.4. The van der Waals surface area contributed by atoms with Crippen LogP contribution in [-0.2, 0) is 0 Å². The molecule has 1 fully saturated rings. The van der Waals surface area contributed by atoms with Gasteiger partial charge in [0.05, 0.1) is 11.0 Å². The molecule has 0 heterocycles. The number of amides is 3. The summed E-state index contributed by atoms with van der Waals surface area (Å²) < 4.78 is 0. The molecule has 1 aliphatic rings. The van der Waals surface area contributed by atoms with Crippen molar-refractivity contribution in [2.45, 2.75) is 31.8 Å². The molecule has 0 radical (unpaired) electrons. The average Bonchev–Trinajstić information content (AvgIpc) is 3.46. The second kappa shape index (κ2) is 7.86. The van der Waals surface area contributed by atoms with Crippen LogP contribution in [0.25, 0.3) is 0 Å². The number of non-ortho nitro benzene ring substituents is 1. The number of benzene rings is 2. The van der Waals surface area contributed by atoms with Gasteiger partial charge in [0.1, 0.15) is 0 Å². The third-order valence-electron chi connectivity index (χ3n) is 4.25. The predicted octanol–water partition coefficient (Wildman–Crippen LogP) is 3.37. The summed E-state index contributed by atoms with van der Waals surface area (Å²) in [5.74, 6) is -0.303. The molecule has 2 aromatic rings. The molecule has 8 heteroatoms. The standard InChI is InChI=1S/C19H20N4O4/c1-12(14-3-2-4-17(11-14)23(26)27)20-18(24)13-5-7-15(8-6-13)21-19(25)22-16-9-10-16/h2-8,11-12,16H,9-10H2,1H3,(H,20,24)(H2,21,22,25). The highest BCUT2D eigenvalue weighted by Crippen LogP contribution is 2.20. The summed E-state index contributed by atoms with van der Waals surface area (Å²) in [6.07, 6.45) is 2.02. The molecule has 2 aromatic carbocycles. The van der Waals surface area contributed by atoms with Crippen LogP contribution in [0, 0.1) is 10.1 Å². The van der Waals surface area contributed by atoms with Gasteiger partial charge in [0, 0.05) is 29.4 Å². The molecule has 1 atom stereocenters. The lowest BCUT2D eigenvalue weighted by Gasteiger charge is -2.14. The lowest BCUT2D eigenvalue weighted by atomic mass is 10.1. The highest BCUT2D eigenvalue weighted by molar-refractivity contribution is 5.95. The van der Waals surface area contributed by atoms with E-state index in [-0.39, 0.29) is 29.7 Å². The number of carbonyl (C=O) groups is 2. The van der Waals surface area contributed by atoms with Gasteiger partial charge in [-0.2, -0.15) is 0 Å². The molecule has 0 saturated heterocycles. The molecule has 3 amide bonds. The molecule has 0 spiro atoms. The quantitative estimate of drug-likeness (QED) is 0.536. The van der Waals surface area contributed by atoms with Gasteiger partial charge < -0.3 is 16.0 Å². The monoisotopic (exact) mass is 368 g/mol. The van der Waals surface area contributed by atoms with Crippen LogP contribution in [0.15, 0.2) is 48.5 Å². The normalized spacial score (nSPS) is 14.1. The minimum atomic E-state index is -0.469. The lowest BCUT2D eigenvalue weighted by molar-refractivity contribution is -0.384. The minimum absolute atomic E-state index is 0.0199. The van der Waals surface area contributed by atoms with Gasteiger partial charge >= 0.3 is 6.03 Å². The van der Waals surface area contributed by atoms with Gasteiger partial charge in [-0.05, 0) is 49.6 Å². The molecule has 3 N–H and O–H groups in total. The Bertz CT molecular complexity index is 862. The van der Waals surface area contributed by atoms with E-state index in [0.29, 0.717) is 16.8 Å². The Labute approximate surface area is 156 Å². The summed E-state index contributed by atoms with van der Waals surface area (Å²) in [7, 11) is 0. The van der Waals surface area contributed by atoms with Gasteiger partial charge in [0.15, 0.2) is 0 Å². The number of nitro benzene ring substituents is 1. The summed E-state index contributed by atoms with van der Waals surface area (Å²) in [5.41, 5.74) is 1.65. The molecule has 1 saturated carbocycles. The largest absolute Gasteiger partial charge is 0.346 e. The number of nitrogens with zero attached hydrogens (tertiary/aromatic N) is 1. The van der Waals surface area contributed by atoms with Crippen molar-refractivity contribution in [1.82, 2.24) is 10.6 Å². The smallest absolute Gasteiger partial charge is 0.319 e.